The van der Waals surface area contributed by atoms with Crippen molar-refractivity contribution >= 4 is 19.2 Å². The zero-order chi connectivity index (χ0) is 20.5. The second kappa shape index (κ2) is 11.8. The van der Waals surface area contributed by atoms with E-state index in [2.05, 4.69) is 16.7 Å². The van der Waals surface area contributed by atoms with Crippen LogP contribution in [0.4, 0.5) is 0 Å². The number of hydrogen-bond acceptors (Lipinski definition) is 4. The molecule has 28 heavy (non-hydrogen) atoms. The first-order valence-electron chi connectivity index (χ1n) is 10.8. The van der Waals surface area contributed by atoms with Gasteiger partial charge in [0.15, 0.2) is 0 Å². The fourth-order valence-corrected chi connectivity index (χ4v) is 5.49. The summed E-state index contributed by atoms with van der Waals surface area (Å²) in [5, 5.41) is 0. The number of unbranched alkanes of at least 4 members (excludes halogenated alkanes) is 3. The molecule has 0 amide bonds. The third kappa shape index (κ3) is 10.5. The van der Waals surface area contributed by atoms with Crippen LogP contribution in [-0.2, 0) is 21.9 Å². The van der Waals surface area contributed by atoms with E-state index in [-0.39, 0.29) is 6.61 Å². The zero-order valence-corrected chi connectivity index (χ0v) is 19.0. The van der Waals surface area contributed by atoms with Gasteiger partial charge in [-0.2, -0.15) is 0 Å². The number of thiophene rings is 1. The standard InChI is InChI=1S/C21H38NO4PS/c1-21(22,17-26-27(23,24)25)16-15-20-14-13-19(28-20)12-8-3-2-5-9-18-10-6-4-7-11-18/h13-14,18H,2-12,15-17,22H2,1H3,(H2,23,24,25). The number of phosphoric ester groups is 1. The van der Waals surface area contributed by atoms with Crippen LogP contribution in [0.25, 0.3) is 0 Å². The van der Waals surface area contributed by atoms with Gasteiger partial charge in [-0.25, -0.2) is 4.57 Å². The lowest BCUT2D eigenvalue weighted by Gasteiger charge is -2.24. The fraction of sp³-hybridized carbons (Fsp3) is 0.810. The number of rotatable bonds is 13. The van der Waals surface area contributed by atoms with Crippen LogP contribution in [0, 0.1) is 5.92 Å². The Bertz CT molecular complexity index is 607. The van der Waals surface area contributed by atoms with E-state index in [9.17, 15) is 4.57 Å². The van der Waals surface area contributed by atoms with Gasteiger partial charge in [0, 0.05) is 15.3 Å². The van der Waals surface area contributed by atoms with E-state index in [0.29, 0.717) is 6.42 Å². The van der Waals surface area contributed by atoms with Gasteiger partial charge >= 0.3 is 7.82 Å². The molecule has 162 valence electrons. The molecule has 7 heteroatoms. The maximum atomic E-state index is 10.8. The first-order valence-corrected chi connectivity index (χ1v) is 13.1. The molecule has 0 aliphatic heterocycles. The van der Waals surface area contributed by atoms with Crippen molar-refractivity contribution in [1.82, 2.24) is 0 Å². The predicted octanol–water partition coefficient (Wildman–Crippen LogP) is 5.58. The summed E-state index contributed by atoms with van der Waals surface area (Å²) in [4.78, 5) is 20.3. The van der Waals surface area contributed by atoms with Gasteiger partial charge < -0.3 is 15.5 Å². The molecule has 0 saturated heterocycles. The molecule has 0 bridgehead atoms. The molecule has 1 aliphatic carbocycles. The molecular formula is C21H38NO4PS. The Labute approximate surface area is 174 Å². The second-order valence-electron chi connectivity index (χ2n) is 8.74. The van der Waals surface area contributed by atoms with Crippen LogP contribution in [0.2, 0.25) is 0 Å². The van der Waals surface area contributed by atoms with Crippen LogP contribution >= 0.6 is 19.2 Å². The van der Waals surface area contributed by atoms with Crippen molar-refractivity contribution in [3.8, 4) is 0 Å². The quantitative estimate of drug-likeness (QED) is 0.280. The van der Waals surface area contributed by atoms with E-state index >= 15 is 0 Å². The third-order valence-electron chi connectivity index (χ3n) is 5.73. The van der Waals surface area contributed by atoms with Crippen molar-refractivity contribution in [1.29, 1.82) is 0 Å². The van der Waals surface area contributed by atoms with Crippen LogP contribution in [0.5, 0.6) is 0 Å². The highest BCUT2D eigenvalue weighted by Gasteiger charge is 2.24. The van der Waals surface area contributed by atoms with E-state index < -0.39 is 13.4 Å². The van der Waals surface area contributed by atoms with E-state index in [0.717, 1.165) is 18.8 Å². The van der Waals surface area contributed by atoms with Crippen LogP contribution in [0.3, 0.4) is 0 Å². The summed E-state index contributed by atoms with van der Waals surface area (Å²) in [5.41, 5.74) is 5.35. The lowest BCUT2D eigenvalue weighted by Crippen LogP contribution is -2.41. The lowest BCUT2D eigenvalue weighted by atomic mass is 9.85. The zero-order valence-electron chi connectivity index (χ0n) is 17.3. The number of nitrogens with two attached hydrogens (primary N) is 1. The van der Waals surface area contributed by atoms with E-state index in [1.54, 1.807) is 6.92 Å². The average Bonchev–Trinajstić information content (AvgIpc) is 3.10. The molecule has 1 fully saturated rings. The van der Waals surface area contributed by atoms with Gasteiger partial charge in [-0.05, 0) is 50.7 Å². The topological polar surface area (TPSA) is 92.8 Å². The number of hydrogen-bond donors (Lipinski definition) is 3. The van der Waals surface area contributed by atoms with Crippen LogP contribution in [0.1, 0.15) is 87.3 Å². The van der Waals surface area contributed by atoms with Gasteiger partial charge in [0.1, 0.15) is 0 Å². The monoisotopic (exact) mass is 431 g/mol. The molecule has 5 nitrogen and oxygen atoms in total. The molecule has 1 aliphatic rings. The van der Waals surface area contributed by atoms with Crippen molar-refractivity contribution < 1.29 is 18.9 Å². The Morgan fingerprint density at radius 3 is 2.43 bits per heavy atom. The van der Waals surface area contributed by atoms with Crippen molar-refractivity contribution in [3.63, 3.8) is 0 Å². The Morgan fingerprint density at radius 1 is 1.11 bits per heavy atom. The smallest absolute Gasteiger partial charge is 0.323 e. The summed E-state index contributed by atoms with van der Waals surface area (Å²) in [7, 11) is -4.46. The summed E-state index contributed by atoms with van der Waals surface area (Å²) < 4.78 is 15.4. The molecule has 0 spiro atoms. The highest BCUT2D eigenvalue weighted by atomic mass is 32.1. The second-order valence-corrected chi connectivity index (χ2v) is 11.2. The van der Waals surface area contributed by atoms with E-state index in [4.69, 9.17) is 15.5 Å². The van der Waals surface area contributed by atoms with Gasteiger partial charge in [0.2, 0.25) is 0 Å². The summed E-state index contributed by atoms with van der Waals surface area (Å²) >= 11 is 1.83. The van der Waals surface area contributed by atoms with Gasteiger partial charge in [-0.1, -0.05) is 57.8 Å². The molecule has 1 aromatic rings. The van der Waals surface area contributed by atoms with Crippen LogP contribution in [-0.4, -0.2) is 21.9 Å². The van der Waals surface area contributed by atoms with E-state index in [1.165, 1.54) is 74.0 Å². The van der Waals surface area contributed by atoms with Crippen LogP contribution in [0.15, 0.2) is 12.1 Å². The first kappa shape index (κ1) is 24.0. The minimum atomic E-state index is -4.46. The van der Waals surface area contributed by atoms with Crippen molar-refractivity contribution in [2.24, 2.45) is 11.7 Å². The molecule has 1 unspecified atom stereocenters. The van der Waals surface area contributed by atoms with Crippen molar-refractivity contribution in [2.45, 2.75) is 95.9 Å². The molecule has 1 aromatic heterocycles. The van der Waals surface area contributed by atoms with Gasteiger partial charge in [0.05, 0.1) is 6.61 Å². The highest BCUT2D eigenvalue weighted by Crippen LogP contribution is 2.37. The highest BCUT2D eigenvalue weighted by molar-refractivity contribution is 7.46. The minimum Gasteiger partial charge on any atom is -0.323 e. The molecular weight excluding hydrogens is 393 g/mol. The summed E-state index contributed by atoms with van der Waals surface area (Å²) in [6.07, 6.45) is 16.6. The molecule has 1 atom stereocenters. The molecule has 4 N–H and O–H groups in total. The Balaban J connectivity index is 1.57. The maximum absolute atomic E-state index is 10.8. The fourth-order valence-electron chi connectivity index (χ4n) is 3.97. The molecule has 2 rings (SSSR count). The normalized spacial score (nSPS) is 18.3. The third-order valence-corrected chi connectivity index (χ3v) is 7.40. The van der Waals surface area contributed by atoms with Crippen molar-refractivity contribution in [3.05, 3.63) is 21.9 Å². The van der Waals surface area contributed by atoms with Gasteiger partial charge in [-0.15, -0.1) is 11.3 Å². The first-order chi connectivity index (χ1) is 13.2. The van der Waals surface area contributed by atoms with E-state index in [1.807, 2.05) is 11.3 Å². The minimum absolute atomic E-state index is 0.142. The van der Waals surface area contributed by atoms with Crippen LogP contribution < -0.4 is 5.73 Å². The molecule has 1 heterocycles. The molecule has 0 radical (unpaired) electrons. The lowest BCUT2D eigenvalue weighted by molar-refractivity contribution is 0.154. The summed E-state index contributed by atoms with van der Waals surface area (Å²) in [6.45, 7) is 1.63. The van der Waals surface area contributed by atoms with Gasteiger partial charge in [0.25, 0.3) is 0 Å². The average molecular weight is 432 g/mol. The predicted molar refractivity (Wildman–Crippen MR) is 117 cm³/mol. The summed E-state index contributed by atoms with van der Waals surface area (Å²) in [5.74, 6) is 1.01. The van der Waals surface area contributed by atoms with Crippen molar-refractivity contribution in [2.75, 3.05) is 6.61 Å². The van der Waals surface area contributed by atoms with Gasteiger partial charge in [-0.3, -0.25) is 4.52 Å². The largest absolute Gasteiger partial charge is 0.469 e. The Hall–Kier alpha value is -0.230. The molecule has 1 saturated carbocycles. The molecule has 0 aromatic carbocycles. The Morgan fingerprint density at radius 2 is 1.75 bits per heavy atom. The number of aryl methyl sites for hydroxylation is 2. The summed E-state index contributed by atoms with van der Waals surface area (Å²) in [6, 6.07) is 4.37. The SMILES string of the molecule is CC(N)(CCc1ccc(CCCCCCC2CCCCC2)s1)COP(=O)(O)O. The maximum Gasteiger partial charge on any atom is 0.469 e. The number of phosphoric acid groups is 1. The Kier molecular flexibility index (Phi) is 10.2.